The van der Waals surface area contributed by atoms with Gasteiger partial charge >= 0.3 is 0 Å². The van der Waals surface area contributed by atoms with Crippen molar-refractivity contribution >= 4 is 0 Å². The molecule has 0 aromatic rings. The largest absolute Gasteiger partial charge is 0.394 e. The zero-order chi connectivity index (χ0) is 33.1. The Balaban J connectivity index is 1.24. The Bertz CT molecular complexity index is 1110. The topological polar surface area (TPSA) is 149 Å². The fourth-order valence-electron chi connectivity index (χ4n) is 12.7. The molecule has 6 aliphatic rings. The van der Waals surface area contributed by atoms with Gasteiger partial charge < -0.3 is 44.8 Å². The van der Waals surface area contributed by atoms with Crippen LogP contribution in [0.3, 0.4) is 0 Å². The van der Waals surface area contributed by atoms with Crippen molar-refractivity contribution in [1.82, 2.24) is 0 Å². The minimum Gasteiger partial charge on any atom is -0.394 e. The molecule has 6 N–H and O–H groups in total. The van der Waals surface area contributed by atoms with Gasteiger partial charge in [-0.3, -0.25) is 0 Å². The molecule has 0 radical (unpaired) electrons. The van der Waals surface area contributed by atoms with Crippen LogP contribution in [0.2, 0.25) is 0 Å². The Morgan fingerprint density at radius 2 is 1.44 bits per heavy atom. The van der Waals surface area contributed by atoms with Gasteiger partial charge in [0.25, 0.3) is 0 Å². The summed E-state index contributed by atoms with van der Waals surface area (Å²) in [7, 11) is 0. The second-order valence-corrected chi connectivity index (χ2v) is 18.3. The summed E-state index contributed by atoms with van der Waals surface area (Å²) in [5.41, 5.74) is -1.55. The summed E-state index contributed by atoms with van der Waals surface area (Å²) >= 11 is 0. The van der Waals surface area contributed by atoms with Crippen LogP contribution in [0.25, 0.3) is 0 Å². The molecule has 9 nitrogen and oxygen atoms in total. The van der Waals surface area contributed by atoms with E-state index in [1.807, 2.05) is 13.8 Å². The van der Waals surface area contributed by atoms with Gasteiger partial charge in [0.2, 0.25) is 0 Å². The van der Waals surface area contributed by atoms with Gasteiger partial charge in [0.15, 0.2) is 6.29 Å². The highest BCUT2D eigenvalue weighted by atomic mass is 16.7. The van der Waals surface area contributed by atoms with Gasteiger partial charge in [0, 0.05) is 0 Å². The molecule has 2 heterocycles. The van der Waals surface area contributed by atoms with E-state index in [1.54, 1.807) is 0 Å². The van der Waals surface area contributed by atoms with Gasteiger partial charge in [-0.05, 0) is 124 Å². The lowest BCUT2D eigenvalue weighted by molar-refractivity contribution is -0.333. The lowest BCUT2D eigenvalue weighted by Gasteiger charge is -2.71. The molecule has 2 saturated heterocycles. The van der Waals surface area contributed by atoms with Gasteiger partial charge in [0.1, 0.15) is 24.4 Å². The van der Waals surface area contributed by atoms with Crippen LogP contribution in [0.1, 0.15) is 113 Å². The molecule has 0 bridgehead atoms. The maximum atomic E-state index is 12.3. The number of rotatable bonds is 5. The molecule has 0 unspecified atom stereocenters. The highest BCUT2D eigenvalue weighted by Gasteiger charge is 2.72. The Kier molecular flexibility index (Phi) is 8.49. The van der Waals surface area contributed by atoms with E-state index in [-0.39, 0.29) is 51.3 Å². The van der Waals surface area contributed by atoms with Crippen LogP contribution < -0.4 is 0 Å². The zero-order valence-electron chi connectivity index (χ0n) is 28.9. The van der Waals surface area contributed by atoms with E-state index in [1.165, 1.54) is 0 Å². The average molecular weight is 639 g/mol. The fraction of sp³-hybridized carbons (Fsp3) is 1.00. The number of aliphatic hydroxyl groups excluding tert-OH is 5. The summed E-state index contributed by atoms with van der Waals surface area (Å²) in [6.07, 6.45) is 1.15. The molecule has 2 aliphatic heterocycles. The molecule has 4 saturated carbocycles. The molecule has 45 heavy (non-hydrogen) atoms. The minimum atomic E-state index is -1.47. The van der Waals surface area contributed by atoms with Crippen LogP contribution in [0.5, 0.6) is 0 Å². The van der Waals surface area contributed by atoms with Gasteiger partial charge in [-0.1, -0.05) is 34.6 Å². The Morgan fingerprint density at radius 1 is 0.778 bits per heavy atom. The van der Waals surface area contributed by atoms with E-state index in [4.69, 9.17) is 14.2 Å². The molecule has 4 aliphatic carbocycles. The highest BCUT2D eigenvalue weighted by molar-refractivity contribution is 5.21. The van der Waals surface area contributed by atoms with E-state index in [2.05, 4.69) is 41.5 Å². The molecule has 0 aromatic carbocycles. The smallest absolute Gasteiger partial charge is 0.186 e. The fourth-order valence-corrected chi connectivity index (χ4v) is 12.7. The van der Waals surface area contributed by atoms with Gasteiger partial charge in [-0.25, -0.2) is 0 Å². The predicted octanol–water partition coefficient (Wildman–Crippen LogP) is 3.54. The van der Waals surface area contributed by atoms with Crippen LogP contribution >= 0.6 is 0 Å². The number of ether oxygens (including phenoxy) is 3. The molecular weight excluding hydrogens is 576 g/mol. The number of fused-ring (bicyclic) bond motifs is 5. The second-order valence-electron chi connectivity index (χ2n) is 18.3. The molecule has 6 fully saturated rings. The standard InChI is InChI=1S/C36H62O9/c1-31(2)23-10-15-35(7)29(33(23,5)13-11-24(31)44-30-28(41)27(40)26(39)22(18-37)43-30)21(38)17-20-19(9-14-34(20,35)6)36(8)16-12-25(45-36)32(3,4)42/h19-30,37-42H,9-18H2,1-8H3/t19-,20+,21+,22+,23-,24-,25+,26+,27-,28+,29+,30-,33-,34+,35+,36-/m0/s1. The summed E-state index contributed by atoms with van der Waals surface area (Å²) < 4.78 is 18.9. The van der Waals surface area contributed by atoms with Crippen LogP contribution in [-0.4, -0.2) is 97.5 Å². The Hall–Kier alpha value is -0.360. The van der Waals surface area contributed by atoms with Crippen molar-refractivity contribution in [3.05, 3.63) is 0 Å². The summed E-state index contributed by atoms with van der Waals surface area (Å²) in [6.45, 7) is 17.3. The zero-order valence-corrected chi connectivity index (χ0v) is 28.9. The van der Waals surface area contributed by atoms with Crippen molar-refractivity contribution in [3.63, 3.8) is 0 Å². The van der Waals surface area contributed by atoms with E-state index in [0.29, 0.717) is 11.8 Å². The SMILES string of the molecule is CC(C)(O)[C@H]1CC[C@@](C)([C@H]2CC[C@]3(C)[C@@H]2C[C@@H](O)[C@@H]2[C@@]4(C)CC[C@H](O[C@@H]5O[C@H](CO)[C@@H](O)[C@H](O)[C@H]5O)C(C)(C)[C@@H]4CC[C@]23C)O1. The number of hydrogen-bond acceptors (Lipinski definition) is 9. The monoisotopic (exact) mass is 638 g/mol. The Labute approximate surface area is 270 Å². The minimum absolute atomic E-state index is 0.0407. The summed E-state index contributed by atoms with van der Waals surface area (Å²) in [6, 6.07) is 0. The van der Waals surface area contributed by atoms with E-state index in [9.17, 15) is 30.6 Å². The summed E-state index contributed by atoms with van der Waals surface area (Å²) in [5.74, 6) is 1.12. The van der Waals surface area contributed by atoms with Crippen molar-refractivity contribution < 1.29 is 44.8 Å². The molecule has 9 heteroatoms. The predicted molar refractivity (Wildman–Crippen MR) is 168 cm³/mol. The van der Waals surface area contributed by atoms with Crippen molar-refractivity contribution in [3.8, 4) is 0 Å². The van der Waals surface area contributed by atoms with Crippen molar-refractivity contribution in [2.45, 2.75) is 173 Å². The van der Waals surface area contributed by atoms with E-state index < -0.39 is 49.0 Å². The van der Waals surface area contributed by atoms with Crippen LogP contribution in [0.15, 0.2) is 0 Å². The van der Waals surface area contributed by atoms with Crippen LogP contribution in [0.4, 0.5) is 0 Å². The average Bonchev–Trinajstić information content (AvgIpc) is 3.52. The maximum absolute atomic E-state index is 12.3. The van der Waals surface area contributed by atoms with Crippen molar-refractivity contribution in [1.29, 1.82) is 0 Å². The molecule has 0 aromatic heterocycles. The molecule has 16 atom stereocenters. The van der Waals surface area contributed by atoms with Crippen LogP contribution in [0, 0.1) is 45.3 Å². The molecular formula is C36H62O9. The van der Waals surface area contributed by atoms with Gasteiger partial charge in [-0.15, -0.1) is 0 Å². The summed E-state index contributed by atoms with van der Waals surface area (Å²) in [4.78, 5) is 0. The van der Waals surface area contributed by atoms with Gasteiger partial charge in [0.05, 0.1) is 36.1 Å². The summed E-state index contributed by atoms with van der Waals surface area (Å²) in [5, 5.41) is 64.0. The molecule has 0 amide bonds. The third-order valence-corrected chi connectivity index (χ3v) is 15.3. The lowest BCUT2D eigenvalue weighted by Crippen LogP contribution is -2.68. The first-order valence-electron chi connectivity index (χ1n) is 17.8. The third-order valence-electron chi connectivity index (χ3n) is 15.3. The first kappa shape index (κ1) is 34.5. The van der Waals surface area contributed by atoms with Crippen molar-refractivity contribution in [2.24, 2.45) is 45.3 Å². The van der Waals surface area contributed by atoms with Crippen LogP contribution in [-0.2, 0) is 14.2 Å². The normalized spacial score (nSPS) is 56.4. The third kappa shape index (κ3) is 4.95. The van der Waals surface area contributed by atoms with E-state index >= 15 is 0 Å². The first-order chi connectivity index (χ1) is 20.7. The molecule has 0 spiro atoms. The second kappa shape index (κ2) is 11.1. The Morgan fingerprint density at radius 3 is 2.07 bits per heavy atom. The highest BCUT2D eigenvalue weighted by Crippen LogP contribution is 2.76. The maximum Gasteiger partial charge on any atom is 0.186 e. The first-order valence-corrected chi connectivity index (χ1v) is 17.8. The molecule has 260 valence electrons. The lowest BCUT2D eigenvalue weighted by atomic mass is 9.35. The number of aliphatic hydroxyl groups is 6. The number of hydrogen-bond donors (Lipinski definition) is 6. The van der Waals surface area contributed by atoms with E-state index in [0.717, 1.165) is 57.8 Å². The quantitative estimate of drug-likeness (QED) is 0.249. The molecule has 6 rings (SSSR count). The van der Waals surface area contributed by atoms with Crippen molar-refractivity contribution in [2.75, 3.05) is 6.61 Å². The van der Waals surface area contributed by atoms with Gasteiger partial charge in [-0.2, -0.15) is 0 Å².